The van der Waals surface area contributed by atoms with Crippen LogP contribution in [0.5, 0.6) is 0 Å². The number of unbranched alkanes of at least 4 members (excludes halogenated alkanes) is 26. The van der Waals surface area contributed by atoms with Gasteiger partial charge in [-0.1, -0.05) is 258 Å². The average molecular weight is 1450 g/mol. The molecule has 100 heavy (non-hydrogen) atoms. The van der Waals surface area contributed by atoms with Crippen molar-refractivity contribution in [2.24, 2.45) is 0 Å². The van der Waals surface area contributed by atoms with E-state index in [2.05, 4.69) is 149 Å². The van der Waals surface area contributed by atoms with Crippen molar-refractivity contribution in [3.05, 3.63) is 122 Å². The molecule has 0 heterocycles. The van der Waals surface area contributed by atoms with E-state index in [1.165, 1.54) is 19.3 Å². The number of aliphatic hydroxyl groups is 1. The van der Waals surface area contributed by atoms with E-state index in [9.17, 15) is 43.2 Å². The fourth-order valence-corrected chi connectivity index (χ4v) is 11.6. The van der Waals surface area contributed by atoms with E-state index < -0.39 is 97.5 Å². The molecule has 0 rings (SSSR count). The van der Waals surface area contributed by atoms with Crippen molar-refractivity contribution in [3.63, 3.8) is 0 Å². The summed E-state index contributed by atoms with van der Waals surface area (Å²) in [6.07, 6.45) is 78.9. The number of carbonyl (C=O) groups excluding carboxylic acids is 4. The van der Waals surface area contributed by atoms with Gasteiger partial charge >= 0.3 is 39.5 Å². The van der Waals surface area contributed by atoms with Crippen LogP contribution in [-0.4, -0.2) is 96.7 Å². The zero-order valence-electron chi connectivity index (χ0n) is 62.6. The van der Waals surface area contributed by atoms with Crippen molar-refractivity contribution < 1.29 is 80.2 Å². The molecule has 0 aliphatic carbocycles. The van der Waals surface area contributed by atoms with E-state index in [4.69, 9.17) is 37.0 Å². The van der Waals surface area contributed by atoms with Crippen LogP contribution in [0.1, 0.15) is 310 Å². The minimum Gasteiger partial charge on any atom is -0.462 e. The summed E-state index contributed by atoms with van der Waals surface area (Å²) in [4.78, 5) is 72.9. The van der Waals surface area contributed by atoms with Gasteiger partial charge in [-0.2, -0.15) is 0 Å². The summed E-state index contributed by atoms with van der Waals surface area (Å²) in [6, 6.07) is 0. The molecule has 0 saturated carbocycles. The summed E-state index contributed by atoms with van der Waals surface area (Å²) >= 11 is 0. The van der Waals surface area contributed by atoms with Crippen LogP contribution >= 0.6 is 15.6 Å². The lowest BCUT2D eigenvalue weighted by Crippen LogP contribution is -2.30. The molecule has 0 aromatic rings. The molecule has 5 atom stereocenters. The summed E-state index contributed by atoms with van der Waals surface area (Å²) in [7, 11) is -9.97. The van der Waals surface area contributed by atoms with Crippen molar-refractivity contribution >= 4 is 39.5 Å². The predicted octanol–water partition coefficient (Wildman–Crippen LogP) is 22.3. The number of phosphoric ester groups is 2. The van der Waals surface area contributed by atoms with Gasteiger partial charge in [0, 0.05) is 25.7 Å². The highest BCUT2D eigenvalue weighted by Gasteiger charge is 2.30. The Kier molecular flexibility index (Phi) is 69.5. The minimum atomic E-state index is -4.99. The Morgan fingerprint density at radius 1 is 0.290 bits per heavy atom. The first-order valence-corrected chi connectivity index (χ1v) is 41.8. The number of rotatable bonds is 72. The minimum absolute atomic E-state index is 0.0706. The molecular formula is C81H138O17P2. The van der Waals surface area contributed by atoms with Gasteiger partial charge in [-0.3, -0.25) is 37.3 Å². The molecule has 574 valence electrons. The Balaban J connectivity index is 5.38. The molecule has 0 saturated heterocycles. The number of ether oxygens (including phenoxy) is 4. The number of esters is 4. The van der Waals surface area contributed by atoms with E-state index >= 15 is 0 Å². The average Bonchev–Trinajstić information content (AvgIpc) is 1.06. The topological polar surface area (TPSA) is 237 Å². The van der Waals surface area contributed by atoms with Crippen molar-refractivity contribution in [1.29, 1.82) is 0 Å². The van der Waals surface area contributed by atoms with Crippen LogP contribution in [0.3, 0.4) is 0 Å². The highest BCUT2D eigenvalue weighted by atomic mass is 31.2. The Hall–Kier alpha value is -4.54. The van der Waals surface area contributed by atoms with Crippen LogP contribution in [0.4, 0.5) is 0 Å². The van der Waals surface area contributed by atoms with Crippen molar-refractivity contribution in [2.45, 2.75) is 329 Å². The number of phosphoric acid groups is 2. The molecule has 17 nitrogen and oxygen atoms in total. The van der Waals surface area contributed by atoms with Crippen molar-refractivity contribution in [3.8, 4) is 0 Å². The summed E-state index contributed by atoms with van der Waals surface area (Å²) in [5, 5.41) is 10.6. The van der Waals surface area contributed by atoms with E-state index in [0.717, 1.165) is 212 Å². The second kappa shape index (κ2) is 72.8. The van der Waals surface area contributed by atoms with Gasteiger partial charge in [0.25, 0.3) is 0 Å². The summed E-state index contributed by atoms with van der Waals surface area (Å²) in [6.45, 7) is 4.51. The Morgan fingerprint density at radius 3 is 0.840 bits per heavy atom. The standard InChI is InChI=1S/C81H138O17P2/c1-5-9-13-17-21-25-29-33-36-37-40-43-46-50-54-58-62-66-79(84)92-72-77(98-81(86)68-64-60-56-52-48-44-39-35-31-27-23-19-15-11-7-3)74-96-100(89,90)94-70-75(82)69-93-99(87,88)95-73-76(97-80(85)67-63-59-55-51-47-41-32-28-24-20-16-12-8-4)71-91-78(83)65-61-57-53-49-45-42-38-34-30-26-22-18-14-10-6-2/h9,11,13,15-16,20-23,25-28,32-36,38-39,75-77,82H,5-8,10,12,14,17-19,24,29-31,37,40-74H2,1-4H3,(H,87,88)(H,89,90)/b13-9-,15-11-,20-16-,25-21-,26-22-,27-23-,32-28-,36-33-,38-34-,39-35-. The van der Waals surface area contributed by atoms with Gasteiger partial charge in [-0.25, -0.2) is 9.13 Å². The molecule has 0 aliphatic heterocycles. The van der Waals surface area contributed by atoms with Crippen LogP contribution < -0.4 is 0 Å². The Labute approximate surface area is 606 Å². The van der Waals surface area contributed by atoms with Crippen LogP contribution in [0, 0.1) is 0 Å². The molecule has 0 radical (unpaired) electrons. The monoisotopic (exact) mass is 1440 g/mol. The van der Waals surface area contributed by atoms with E-state index in [-0.39, 0.29) is 25.7 Å². The highest BCUT2D eigenvalue weighted by Crippen LogP contribution is 2.45. The van der Waals surface area contributed by atoms with E-state index in [1.807, 2.05) is 0 Å². The number of allylic oxidation sites excluding steroid dienone is 20. The lowest BCUT2D eigenvalue weighted by molar-refractivity contribution is -0.161. The third-order valence-corrected chi connectivity index (χ3v) is 17.8. The first-order chi connectivity index (χ1) is 48.7. The SMILES string of the molecule is CC/C=C\C/C=C\C/C=C\CCCCCCCCCC(=O)OCC(COP(=O)(O)OCC(O)COP(=O)(O)OCC(COC(=O)CCCCCCC/C=C\C/C=C\CCCCC)OC(=O)CCCCCCC/C=C\C/C=C\CCC)OC(=O)CCCCCCC/C=C\C/C=C\C/C=C\CC. The molecule has 0 spiro atoms. The van der Waals surface area contributed by atoms with E-state index in [1.54, 1.807) is 0 Å². The molecule has 0 aromatic carbocycles. The smallest absolute Gasteiger partial charge is 0.462 e. The van der Waals surface area contributed by atoms with Crippen LogP contribution in [0.2, 0.25) is 0 Å². The lowest BCUT2D eigenvalue weighted by atomic mass is 10.1. The second-order valence-electron chi connectivity index (χ2n) is 25.5. The zero-order valence-corrected chi connectivity index (χ0v) is 64.4. The van der Waals surface area contributed by atoms with Gasteiger partial charge in [0.1, 0.15) is 19.3 Å². The third-order valence-electron chi connectivity index (χ3n) is 15.9. The van der Waals surface area contributed by atoms with Crippen LogP contribution in [0.15, 0.2) is 122 Å². The molecule has 0 fully saturated rings. The predicted molar refractivity (Wildman–Crippen MR) is 408 cm³/mol. The molecule has 19 heteroatoms. The lowest BCUT2D eigenvalue weighted by Gasteiger charge is -2.21. The van der Waals surface area contributed by atoms with Crippen LogP contribution in [0.25, 0.3) is 0 Å². The van der Waals surface area contributed by atoms with Gasteiger partial charge in [0.05, 0.1) is 26.4 Å². The number of carbonyl (C=O) groups is 4. The molecule has 0 bridgehead atoms. The number of hydrogen-bond acceptors (Lipinski definition) is 15. The largest absolute Gasteiger partial charge is 0.472 e. The summed E-state index contributed by atoms with van der Waals surface area (Å²) < 4.78 is 68.5. The highest BCUT2D eigenvalue weighted by molar-refractivity contribution is 7.47. The Morgan fingerprint density at radius 2 is 0.540 bits per heavy atom. The maximum absolute atomic E-state index is 13.1. The molecule has 3 N–H and O–H groups in total. The van der Waals surface area contributed by atoms with Gasteiger partial charge < -0.3 is 33.8 Å². The maximum Gasteiger partial charge on any atom is 0.472 e. The molecular weight excluding hydrogens is 1310 g/mol. The summed E-state index contributed by atoms with van der Waals surface area (Å²) in [5.74, 6) is -2.23. The first-order valence-electron chi connectivity index (χ1n) is 38.8. The van der Waals surface area contributed by atoms with Gasteiger partial charge in [-0.15, -0.1) is 0 Å². The molecule has 0 aliphatic rings. The van der Waals surface area contributed by atoms with Gasteiger partial charge in [0.2, 0.25) is 0 Å². The summed E-state index contributed by atoms with van der Waals surface area (Å²) in [5.41, 5.74) is 0. The second-order valence-corrected chi connectivity index (χ2v) is 28.4. The molecule has 0 amide bonds. The van der Waals surface area contributed by atoms with Crippen molar-refractivity contribution in [1.82, 2.24) is 0 Å². The molecule has 5 unspecified atom stereocenters. The zero-order chi connectivity index (χ0) is 73.2. The maximum atomic E-state index is 13.1. The number of aliphatic hydroxyl groups excluding tert-OH is 1. The third kappa shape index (κ3) is 71.8. The van der Waals surface area contributed by atoms with Crippen molar-refractivity contribution in [2.75, 3.05) is 39.6 Å². The van der Waals surface area contributed by atoms with Gasteiger partial charge in [0.15, 0.2) is 12.2 Å². The quantitative estimate of drug-likeness (QED) is 0.0169. The fraction of sp³-hybridized carbons (Fsp3) is 0.704. The normalized spacial score (nSPS) is 14.6. The van der Waals surface area contributed by atoms with Crippen LogP contribution in [-0.2, 0) is 65.4 Å². The molecule has 0 aromatic heterocycles. The first kappa shape index (κ1) is 95.5. The Bertz CT molecular complexity index is 2370. The van der Waals surface area contributed by atoms with Gasteiger partial charge in [-0.05, 0) is 148 Å². The fourth-order valence-electron chi connectivity index (χ4n) is 10.0. The van der Waals surface area contributed by atoms with E-state index in [0.29, 0.717) is 25.7 Å². The number of hydrogen-bond donors (Lipinski definition) is 3.